The molecular formula is C12H24N2O. The minimum atomic E-state index is 0.637. The van der Waals surface area contributed by atoms with Crippen LogP contribution in [0.15, 0.2) is 0 Å². The van der Waals surface area contributed by atoms with Crippen LogP contribution >= 0.6 is 0 Å². The Hall–Kier alpha value is -0.120. The summed E-state index contributed by atoms with van der Waals surface area (Å²) in [5.74, 6) is 0. The summed E-state index contributed by atoms with van der Waals surface area (Å²) in [6.07, 6.45) is 3.77. The standard InChI is InChI=1S/C12H24N2O/c1-10-8-14(9-11(2)13-10)12-4-3-6-15-7-5-12/h10-13H,3-9H2,1-2H3. The lowest BCUT2D eigenvalue weighted by Gasteiger charge is -2.40. The van der Waals surface area contributed by atoms with E-state index in [2.05, 4.69) is 24.1 Å². The van der Waals surface area contributed by atoms with Crippen molar-refractivity contribution in [3.8, 4) is 0 Å². The van der Waals surface area contributed by atoms with Gasteiger partial charge >= 0.3 is 0 Å². The van der Waals surface area contributed by atoms with E-state index in [1.165, 1.54) is 32.4 Å². The lowest BCUT2D eigenvalue weighted by atomic mass is 10.0. The number of ether oxygens (including phenoxy) is 1. The lowest BCUT2D eigenvalue weighted by Crippen LogP contribution is -2.57. The van der Waals surface area contributed by atoms with Crippen LogP contribution in [0.25, 0.3) is 0 Å². The molecule has 15 heavy (non-hydrogen) atoms. The van der Waals surface area contributed by atoms with Gasteiger partial charge in [-0.15, -0.1) is 0 Å². The van der Waals surface area contributed by atoms with Crippen molar-refractivity contribution in [2.45, 2.75) is 51.2 Å². The van der Waals surface area contributed by atoms with Gasteiger partial charge in [-0.1, -0.05) is 0 Å². The molecule has 0 aromatic heterocycles. The molecule has 0 amide bonds. The topological polar surface area (TPSA) is 24.5 Å². The highest BCUT2D eigenvalue weighted by Gasteiger charge is 2.27. The van der Waals surface area contributed by atoms with Crippen LogP contribution in [0.3, 0.4) is 0 Å². The molecule has 2 saturated heterocycles. The summed E-state index contributed by atoms with van der Waals surface area (Å²) in [5, 5.41) is 3.59. The summed E-state index contributed by atoms with van der Waals surface area (Å²) in [5.41, 5.74) is 0. The van der Waals surface area contributed by atoms with Gasteiger partial charge < -0.3 is 10.1 Å². The maximum atomic E-state index is 5.53. The molecule has 88 valence electrons. The quantitative estimate of drug-likeness (QED) is 0.708. The molecule has 0 spiro atoms. The van der Waals surface area contributed by atoms with Gasteiger partial charge in [0.15, 0.2) is 0 Å². The van der Waals surface area contributed by atoms with Crippen LogP contribution in [0, 0.1) is 0 Å². The van der Waals surface area contributed by atoms with Crippen LogP contribution in [0.4, 0.5) is 0 Å². The van der Waals surface area contributed by atoms with Crippen LogP contribution in [0.1, 0.15) is 33.1 Å². The molecule has 0 aromatic carbocycles. The molecule has 2 aliphatic heterocycles. The molecule has 0 bridgehead atoms. The minimum absolute atomic E-state index is 0.637. The molecule has 0 aliphatic carbocycles. The fourth-order valence-electron chi connectivity index (χ4n) is 2.92. The first-order valence-electron chi connectivity index (χ1n) is 6.33. The Balaban J connectivity index is 1.89. The van der Waals surface area contributed by atoms with E-state index in [-0.39, 0.29) is 0 Å². The van der Waals surface area contributed by atoms with Gasteiger partial charge in [-0.05, 0) is 33.1 Å². The molecule has 3 unspecified atom stereocenters. The van der Waals surface area contributed by atoms with Crippen LogP contribution < -0.4 is 5.32 Å². The van der Waals surface area contributed by atoms with E-state index in [0.717, 1.165) is 19.3 Å². The van der Waals surface area contributed by atoms with Crippen molar-refractivity contribution in [1.29, 1.82) is 0 Å². The average molecular weight is 212 g/mol. The molecule has 0 saturated carbocycles. The highest BCUT2D eigenvalue weighted by molar-refractivity contribution is 4.85. The first kappa shape index (κ1) is 11.4. The monoisotopic (exact) mass is 212 g/mol. The van der Waals surface area contributed by atoms with Crippen molar-refractivity contribution in [2.24, 2.45) is 0 Å². The van der Waals surface area contributed by atoms with Crippen LogP contribution in [-0.4, -0.2) is 49.3 Å². The number of hydrogen-bond acceptors (Lipinski definition) is 3. The predicted molar refractivity (Wildman–Crippen MR) is 62.1 cm³/mol. The molecule has 0 radical (unpaired) electrons. The second kappa shape index (κ2) is 5.28. The van der Waals surface area contributed by atoms with Crippen molar-refractivity contribution >= 4 is 0 Å². The number of piperazine rings is 1. The van der Waals surface area contributed by atoms with Crippen LogP contribution in [0.2, 0.25) is 0 Å². The van der Waals surface area contributed by atoms with Gasteiger partial charge in [0.1, 0.15) is 0 Å². The fourth-order valence-corrected chi connectivity index (χ4v) is 2.92. The molecule has 3 heteroatoms. The van der Waals surface area contributed by atoms with Crippen LogP contribution in [0.5, 0.6) is 0 Å². The van der Waals surface area contributed by atoms with Gasteiger partial charge in [-0.2, -0.15) is 0 Å². The Morgan fingerprint density at radius 1 is 1.07 bits per heavy atom. The summed E-state index contributed by atoms with van der Waals surface area (Å²) < 4.78 is 5.53. The molecular weight excluding hydrogens is 188 g/mol. The second-order valence-corrected chi connectivity index (χ2v) is 5.12. The zero-order valence-corrected chi connectivity index (χ0v) is 10.0. The Kier molecular flexibility index (Phi) is 4.00. The third-order valence-corrected chi connectivity index (χ3v) is 3.52. The summed E-state index contributed by atoms with van der Waals surface area (Å²) >= 11 is 0. The van der Waals surface area contributed by atoms with Crippen molar-refractivity contribution in [1.82, 2.24) is 10.2 Å². The molecule has 1 N–H and O–H groups in total. The second-order valence-electron chi connectivity index (χ2n) is 5.12. The molecule has 0 aromatic rings. The van der Waals surface area contributed by atoms with E-state index in [4.69, 9.17) is 4.74 Å². The Morgan fingerprint density at radius 2 is 1.80 bits per heavy atom. The molecule has 3 atom stereocenters. The zero-order valence-electron chi connectivity index (χ0n) is 10.0. The van der Waals surface area contributed by atoms with E-state index < -0.39 is 0 Å². The first-order valence-corrected chi connectivity index (χ1v) is 6.33. The average Bonchev–Trinajstić information content (AvgIpc) is 2.43. The third kappa shape index (κ3) is 3.16. The lowest BCUT2D eigenvalue weighted by molar-refractivity contribution is 0.1000. The van der Waals surface area contributed by atoms with E-state index in [1.807, 2.05) is 0 Å². The van der Waals surface area contributed by atoms with E-state index >= 15 is 0 Å². The Morgan fingerprint density at radius 3 is 2.53 bits per heavy atom. The van der Waals surface area contributed by atoms with E-state index in [9.17, 15) is 0 Å². The van der Waals surface area contributed by atoms with Gasteiger partial charge in [0.05, 0.1) is 0 Å². The zero-order chi connectivity index (χ0) is 10.7. The normalized spacial score (nSPS) is 40.0. The summed E-state index contributed by atoms with van der Waals surface area (Å²) in [4.78, 5) is 2.67. The smallest absolute Gasteiger partial charge is 0.0480 e. The van der Waals surface area contributed by atoms with Gasteiger partial charge in [-0.25, -0.2) is 0 Å². The molecule has 2 heterocycles. The predicted octanol–water partition coefficient (Wildman–Crippen LogP) is 1.24. The largest absolute Gasteiger partial charge is 0.381 e. The summed E-state index contributed by atoms with van der Waals surface area (Å²) in [6.45, 7) is 8.90. The highest BCUT2D eigenvalue weighted by atomic mass is 16.5. The number of nitrogens with one attached hydrogen (secondary N) is 1. The maximum absolute atomic E-state index is 5.53. The molecule has 2 fully saturated rings. The minimum Gasteiger partial charge on any atom is -0.381 e. The summed E-state index contributed by atoms with van der Waals surface area (Å²) in [7, 11) is 0. The highest BCUT2D eigenvalue weighted by Crippen LogP contribution is 2.18. The van der Waals surface area contributed by atoms with Crippen molar-refractivity contribution in [3.05, 3.63) is 0 Å². The van der Waals surface area contributed by atoms with Crippen molar-refractivity contribution < 1.29 is 4.74 Å². The van der Waals surface area contributed by atoms with Gasteiger partial charge in [0.25, 0.3) is 0 Å². The Bertz CT molecular complexity index is 180. The number of hydrogen-bond donors (Lipinski definition) is 1. The number of nitrogens with zero attached hydrogens (tertiary/aromatic N) is 1. The molecule has 3 nitrogen and oxygen atoms in total. The van der Waals surface area contributed by atoms with Gasteiger partial charge in [0.2, 0.25) is 0 Å². The van der Waals surface area contributed by atoms with Gasteiger partial charge in [0, 0.05) is 44.4 Å². The fraction of sp³-hybridized carbons (Fsp3) is 1.00. The maximum Gasteiger partial charge on any atom is 0.0480 e. The third-order valence-electron chi connectivity index (χ3n) is 3.52. The van der Waals surface area contributed by atoms with Crippen LogP contribution in [-0.2, 0) is 4.74 Å². The van der Waals surface area contributed by atoms with E-state index in [1.54, 1.807) is 0 Å². The number of rotatable bonds is 1. The van der Waals surface area contributed by atoms with Crippen molar-refractivity contribution in [2.75, 3.05) is 26.3 Å². The van der Waals surface area contributed by atoms with Crippen molar-refractivity contribution in [3.63, 3.8) is 0 Å². The van der Waals surface area contributed by atoms with Gasteiger partial charge in [-0.3, -0.25) is 4.90 Å². The van der Waals surface area contributed by atoms with E-state index in [0.29, 0.717) is 12.1 Å². The molecule has 2 rings (SSSR count). The Labute approximate surface area is 93.2 Å². The summed E-state index contributed by atoms with van der Waals surface area (Å²) in [6, 6.07) is 2.04. The SMILES string of the molecule is CC1CN(C2CCCOCC2)CC(C)N1. The molecule has 2 aliphatic rings. The first-order chi connectivity index (χ1) is 7.25.